The van der Waals surface area contributed by atoms with Gasteiger partial charge in [0.2, 0.25) is 0 Å². The number of likely N-dealkylation sites (tertiary alicyclic amines) is 1. The Morgan fingerprint density at radius 3 is 3.09 bits per heavy atom. The average Bonchev–Trinajstić information content (AvgIpc) is 3.16. The number of hydrogen-bond acceptors (Lipinski definition) is 5. The highest BCUT2D eigenvalue weighted by molar-refractivity contribution is 7.12. The fraction of sp³-hybridized carbons (Fsp3) is 0.389. The van der Waals surface area contributed by atoms with Crippen LogP contribution in [0.25, 0.3) is 0 Å². The molecular weight excluding hydrogens is 306 g/mol. The molecule has 5 heteroatoms. The zero-order valence-electron chi connectivity index (χ0n) is 13.0. The van der Waals surface area contributed by atoms with Crippen LogP contribution in [0.4, 0.5) is 5.69 Å². The predicted molar refractivity (Wildman–Crippen MR) is 94.5 cm³/mol. The first-order chi connectivity index (χ1) is 11.2. The van der Waals surface area contributed by atoms with Crippen LogP contribution in [0.2, 0.25) is 0 Å². The average molecular weight is 327 g/mol. The molecule has 0 bridgehead atoms. The normalized spacial score (nSPS) is 20.7. The summed E-state index contributed by atoms with van der Waals surface area (Å²) in [5, 5.41) is 11.6. The molecule has 4 rings (SSSR count). The van der Waals surface area contributed by atoms with Gasteiger partial charge in [0.1, 0.15) is 5.84 Å². The van der Waals surface area contributed by atoms with Gasteiger partial charge in [0.15, 0.2) is 0 Å². The molecule has 1 aromatic carbocycles. The van der Waals surface area contributed by atoms with Gasteiger partial charge in [-0.15, -0.1) is 11.3 Å². The molecule has 3 heterocycles. The molecular formula is C18H21N3OS. The lowest BCUT2D eigenvalue weighted by Crippen LogP contribution is -2.31. The number of aliphatic hydroxyl groups excluding tert-OH is 1. The number of thiophene rings is 1. The molecule has 3 N–H and O–H groups in total. The first-order valence-electron chi connectivity index (χ1n) is 8.12. The first kappa shape index (κ1) is 14.9. The summed E-state index contributed by atoms with van der Waals surface area (Å²) in [5.74, 6) is 0.625. The van der Waals surface area contributed by atoms with Gasteiger partial charge < -0.3 is 10.8 Å². The quantitative estimate of drug-likeness (QED) is 0.911. The smallest absolute Gasteiger partial charge is 0.141 e. The Kier molecular flexibility index (Phi) is 3.93. The van der Waals surface area contributed by atoms with E-state index in [9.17, 15) is 5.11 Å². The second-order valence-electron chi connectivity index (χ2n) is 6.36. The molecule has 1 fully saturated rings. The van der Waals surface area contributed by atoms with E-state index in [4.69, 9.17) is 5.73 Å². The Labute approximate surface area is 140 Å². The van der Waals surface area contributed by atoms with Gasteiger partial charge in [0.25, 0.3) is 0 Å². The predicted octanol–water partition coefficient (Wildman–Crippen LogP) is 2.65. The number of fused-ring (bicyclic) bond motifs is 2. The Hall–Kier alpha value is -1.69. The summed E-state index contributed by atoms with van der Waals surface area (Å²) in [5.41, 5.74) is 10.9. The summed E-state index contributed by atoms with van der Waals surface area (Å²) in [4.78, 5) is 8.13. The first-order valence-corrected chi connectivity index (χ1v) is 9.00. The number of rotatable bonds is 3. The lowest BCUT2D eigenvalue weighted by molar-refractivity contribution is 0.153. The van der Waals surface area contributed by atoms with Crippen molar-refractivity contribution in [2.45, 2.75) is 31.8 Å². The molecule has 2 aliphatic rings. The van der Waals surface area contributed by atoms with Gasteiger partial charge in [-0.3, -0.25) is 4.90 Å². The molecule has 1 atom stereocenters. The zero-order chi connectivity index (χ0) is 15.8. The molecule has 1 saturated heterocycles. The summed E-state index contributed by atoms with van der Waals surface area (Å²) in [7, 11) is 0. The maximum atomic E-state index is 9.48. The van der Waals surface area contributed by atoms with Crippen molar-refractivity contribution in [3.05, 3.63) is 51.2 Å². The fourth-order valence-electron chi connectivity index (χ4n) is 3.59. The van der Waals surface area contributed by atoms with Crippen LogP contribution < -0.4 is 5.73 Å². The van der Waals surface area contributed by atoms with E-state index in [0.717, 1.165) is 36.5 Å². The summed E-state index contributed by atoms with van der Waals surface area (Å²) in [6.45, 7) is 2.18. The fourth-order valence-corrected chi connectivity index (χ4v) is 4.42. The number of amidine groups is 1. The van der Waals surface area contributed by atoms with Crippen LogP contribution in [-0.2, 0) is 13.0 Å². The van der Waals surface area contributed by atoms with Crippen molar-refractivity contribution in [1.82, 2.24) is 4.90 Å². The standard InChI is InChI=1S/C18H21N3OS/c19-18-17-14(5-7-23-17)9-13-4-3-12(8-16(13)20-18)10-21-6-1-2-15(21)11-22/h3-5,7-8,15,22H,1-2,6,9-11H2,(H2,19,20)/t15-/m1/s1. The van der Waals surface area contributed by atoms with Crippen LogP contribution in [0.5, 0.6) is 0 Å². The Balaban J connectivity index is 1.62. The van der Waals surface area contributed by atoms with Crippen molar-refractivity contribution < 1.29 is 5.11 Å². The van der Waals surface area contributed by atoms with Crippen molar-refractivity contribution in [3.8, 4) is 0 Å². The molecule has 0 saturated carbocycles. The highest BCUT2D eigenvalue weighted by atomic mass is 32.1. The molecule has 2 aromatic rings. The van der Waals surface area contributed by atoms with E-state index in [1.165, 1.54) is 23.1 Å². The van der Waals surface area contributed by atoms with Crippen molar-refractivity contribution in [2.75, 3.05) is 13.2 Å². The second kappa shape index (κ2) is 6.07. The van der Waals surface area contributed by atoms with E-state index in [2.05, 4.69) is 39.5 Å². The third-order valence-corrected chi connectivity index (χ3v) is 5.83. The van der Waals surface area contributed by atoms with Crippen LogP contribution in [0.3, 0.4) is 0 Å². The van der Waals surface area contributed by atoms with Crippen molar-refractivity contribution in [2.24, 2.45) is 10.7 Å². The van der Waals surface area contributed by atoms with Crippen molar-refractivity contribution in [1.29, 1.82) is 0 Å². The lowest BCUT2D eigenvalue weighted by Gasteiger charge is -2.23. The molecule has 1 aromatic heterocycles. The minimum Gasteiger partial charge on any atom is -0.395 e. The summed E-state index contributed by atoms with van der Waals surface area (Å²) in [6.07, 6.45) is 3.15. The van der Waals surface area contributed by atoms with E-state index in [-0.39, 0.29) is 6.61 Å². The Bertz CT molecular complexity index is 752. The number of nitrogens with zero attached hydrogens (tertiary/aromatic N) is 2. The Morgan fingerprint density at radius 2 is 2.22 bits per heavy atom. The van der Waals surface area contributed by atoms with Crippen LogP contribution in [0, 0.1) is 0 Å². The molecule has 0 spiro atoms. The summed E-state index contributed by atoms with van der Waals surface area (Å²) in [6, 6.07) is 8.97. The molecule has 23 heavy (non-hydrogen) atoms. The van der Waals surface area contributed by atoms with E-state index in [1.54, 1.807) is 11.3 Å². The van der Waals surface area contributed by atoms with Crippen molar-refractivity contribution >= 4 is 22.9 Å². The largest absolute Gasteiger partial charge is 0.395 e. The highest BCUT2D eigenvalue weighted by Crippen LogP contribution is 2.32. The number of hydrogen-bond donors (Lipinski definition) is 2. The molecule has 0 unspecified atom stereocenters. The van der Waals surface area contributed by atoms with Crippen molar-refractivity contribution in [3.63, 3.8) is 0 Å². The number of benzene rings is 1. The monoisotopic (exact) mass is 327 g/mol. The zero-order valence-corrected chi connectivity index (χ0v) is 13.9. The van der Waals surface area contributed by atoms with Crippen LogP contribution in [-0.4, -0.2) is 35.0 Å². The maximum absolute atomic E-state index is 9.48. The SMILES string of the molecule is NC1=Nc2cc(CN3CCC[C@@H]3CO)ccc2Cc2ccsc21. The number of aliphatic hydroxyl groups is 1. The van der Waals surface area contributed by atoms with Crippen LogP contribution in [0.1, 0.15) is 34.4 Å². The van der Waals surface area contributed by atoms with E-state index < -0.39 is 0 Å². The van der Waals surface area contributed by atoms with Gasteiger partial charge in [0.05, 0.1) is 17.2 Å². The maximum Gasteiger partial charge on any atom is 0.141 e. The third kappa shape index (κ3) is 2.80. The number of aliphatic imine (C=N–C) groups is 1. The van der Waals surface area contributed by atoms with Gasteiger partial charge in [0, 0.05) is 19.0 Å². The third-order valence-electron chi connectivity index (χ3n) is 4.85. The lowest BCUT2D eigenvalue weighted by atomic mass is 10.0. The molecule has 0 aliphatic carbocycles. The van der Waals surface area contributed by atoms with Gasteiger partial charge >= 0.3 is 0 Å². The molecule has 2 aliphatic heterocycles. The van der Waals surface area contributed by atoms with Crippen LogP contribution >= 0.6 is 11.3 Å². The van der Waals surface area contributed by atoms with Gasteiger partial charge in [-0.2, -0.15) is 0 Å². The molecule has 120 valence electrons. The number of nitrogens with two attached hydrogens (primary N) is 1. The van der Waals surface area contributed by atoms with Gasteiger partial charge in [-0.05, 0) is 53.6 Å². The highest BCUT2D eigenvalue weighted by Gasteiger charge is 2.24. The van der Waals surface area contributed by atoms with Gasteiger partial charge in [-0.25, -0.2) is 4.99 Å². The minimum absolute atomic E-state index is 0.246. The van der Waals surface area contributed by atoms with E-state index >= 15 is 0 Å². The topological polar surface area (TPSA) is 61.8 Å². The second-order valence-corrected chi connectivity index (χ2v) is 7.28. The van der Waals surface area contributed by atoms with E-state index in [0.29, 0.717) is 11.9 Å². The van der Waals surface area contributed by atoms with E-state index in [1.807, 2.05) is 0 Å². The molecule has 0 amide bonds. The molecule has 0 radical (unpaired) electrons. The van der Waals surface area contributed by atoms with Crippen LogP contribution in [0.15, 0.2) is 34.6 Å². The molecule has 4 nitrogen and oxygen atoms in total. The van der Waals surface area contributed by atoms with Gasteiger partial charge in [-0.1, -0.05) is 12.1 Å². The Morgan fingerprint density at radius 1 is 1.30 bits per heavy atom. The summed E-state index contributed by atoms with van der Waals surface area (Å²) < 4.78 is 0. The summed E-state index contributed by atoms with van der Waals surface area (Å²) >= 11 is 1.66. The minimum atomic E-state index is 0.246.